The van der Waals surface area contributed by atoms with Crippen molar-refractivity contribution in [3.8, 4) is 0 Å². The molecule has 5 N–H and O–H groups in total. The number of hydrogen-bond acceptors (Lipinski definition) is 3. The van der Waals surface area contributed by atoms with Crippen LogP contribution < -0.4 is 17.0 Å². The van der Waals surface area contributed by atoms with Gasteiger partial charge in [0, 0.05) is 21.4 Å². The van der Waals surface area contributed by atoms with E-state index < -0.39 is 0 Å². The van der Waals surface area contributed by atoms with E-state index in [9.17, 15) is 0 Å². The molecule has 122 valence electrons. The highest BCUT2D eigenvalue weighted by atomic mass is 35.5. The van der Waals surface area contributed by atoms with Gasteiger partial charge in [-0.25, -0.2) is 0 Å². The second-order valence-corrected chi connectivity index (χ2v) is 5.48. The number of allylic oxidation sites excluding steroid dienone is 2. The van der Waals surface area contributed by atoms with Crippen LogP contribution in [0.5, 0.6) is 0 Å². The SMILES string of the molecule is C/C=C/c1cc(N)ccc1Cl.C/C=C/c1cc(NN)ccc1Cl. The largest absolute Gasteiger partial charge is 0.399 e. The molecule has 0 aliphatic carbocycles. The molecule has 5 heteroatoms. The number of hydrazine groups is 1. The summed E-state index contributed by atoms with van der Waals surface area (Å²) in [4.78, 5) is 0. The molecule has 0 bridgehead atoms. The third-order valence-electron chi connectivity index (χ3n) is 2.88. The van der Waals surface area contributed by atoms with Crippen molar-refractivity contribution >= 4 is 46.7 Å². The molecular formula is C18H21Cl2N3. The van der Waals surface area contributed by atoms with Gasteiger partial charge >= 0.3 is 0 Å². The first-order valence-corrected chi connectivity index (χ1v) is 7.84. The molecule has 0 unspecified atom stereocenters. The van der Waals surface area contributed by atoms with Crippen LogP contribution in [0, 0.1) is 0 Å². The first kappa shape index (κ1) is 19.1. The zero-order valence-corrected chi connectivity index (χ0v) is 14.7. The van der Waals surface area contributed by atoms with E-state index in [0.29, 0.717) is 0 Å². The van der Waals surface area contributed by atoms with E-state index in [4.69, 9.17) is 34.8 Å². The van der Waals surface area contributed by atoms with E-state index in [-0.39, 0.29) is 0 Å². The molecule has 0 fully saturated rings. The van der Waals surface area contributed by atoms with Crippen molar-refractivity contribution < 1.29 is 0 Å². The molecule has 0 heterocycles. The molecule has 3 nitrogen and oxygen atoms in total. The Morgan fingerprint density at radius 1 is 0.870 bits per heavy atom. The molecule has 2 rings (SSSR count). The Morgan fingerprint density at radius 2 is 1.39 bits per heavy atom. The summed E-state index contributed by atoms with van der Waals surface area (Å²) in [6.45, 7) is 3.89. The fraction of sp³-hybridized carbons (Fsp3) is 0.111. The van der Waals surface area contributed by atoms with Crippen molar-refractivity contribution in [1.82, 2.24) is 0 Å². The minimum atomic E-state index is 0.729. The van der Waals surface area contributed by atoms with Crippen LogP contribution in [0.1, 0.15) is 25.0 Å². The predicted octanol–water partition coefficient (Wildman–Crippen LogP) is 5.61. The number of nitrogen functional groups attached to an aromatic ring is 2. The van der Waals surface area contributed by atoms with Crippen LogP contribution in [0.15, 0.2) is 48.6 Å². The maximum Gasteiger partial charge on any atom is 0.0492 e. The highest BCUT2D eigenvalue weighted by Gasteiger charge is 1.96. The Labute approximate surface area is 147 Å². The molecule has 0 spiro atoms. The van der Waals surface area contributed by atoms with Gasteiger partial charge in [0.15, 0.2) is 0 Å². The minimum absolute atomic E-state index is 0.729. The average molecular weight is 350 g/mol. The first-order chi connectivity index (χ1) is 11.0. The van der Waals surface area contributed by atoms with Gasteiger partial charge in [0.1, 0.15) is 0 Å². The number of nitrogens with two attached hydrogens (primary N) is 2. The Hall–Kier alpha value is -1.94. The monoisotopic (exact) mass is 349 g/mol. The van der Waals surface area contributed by atoms with Crippen molar-refractivity contribution in [2.75, 3.05) is 11.2 Å². The summed E-state index contributed by atoms with van der Waals surface area (Å²) >= 11 is 11.8. The van der Waals surface area contributed by atoms with Crippen LogP contribution >= 0.6 is 23.2 Å². The van der Waals surface area contributed by atoms with E-state index in [0.717, 1.165) is 32.5 Å². The van der Waals surface area contributed by atoms with Gasteiger partial charge in [-0.15, -0.1) is 0 Å². The van der Waals surface area contributed by atoms with Gasteiger partial charge < -0.3 is 11.2 Å². The maximum absolute atomic E-state index is 5.91. The second kappa shape index (κ2) is 9.95. The van der Waals surface area contributed by atoms with E-state index in [1.807, 2.05) is 62.4 Å². The summed E-state index contributed by atoms with van der Waals surface area (Å²) in [5.74, 6) is 5.25. The molecule has 2 aromatic carbocycles. The number of benzene rings is 2. The Balaban J connectivity index is 0.000000231. The van der Waals surface area contributed by atoms with Crippen LogP contribution in [0.3, 0.4) is 0 Å². The summed E-state index contributed by atoms with van der Waals surface area (Å²) in [6.07, 6.45) is 7.73. The van der Waals surface area contributed by atoms with E-state index in [2.05, 4.69) is 5.43 Å². The molecule has 0 aliphatic heterocycles. The molecule has 2 aromatic rings. The van der Waals surface area contributed by atoms with Crippen molar-refractivity contribution in [2.24, 2.45) is 5.84 Å². The molecular weight excluding hydrogens is 329 g/mol. The molecule has 0 radical (unpaired) electrons. The van der Waals surface area contributed by atoms with Crippen molar-refractivity contribution in [2.45, 2.75) is 13.8 Å². The van der Waals surface area contributed by atoms with E-state index in [1.54, 1.807) is 12.1 Å². The molecule has 23 heavy (non-hydrogen) atoms. The standard InChI is InChI=1S/C9H11ClN2.C9H10ClN/c1-2-3-7-6-8(12-11)4-5-9(7)10;1-2-3-7-6-8(11)4-5-9(7)10/h2-6,12H,11H2,1H3;2-6H,11H2,1H3/b2*3-2+. The molecule has 0 amide bonds. The summed E-state index contributed by atoms with van der Waals surface area (Å²) < 4.78 is 0. The zero-order valence-electron chi connectivity index (χ0n) is 13.2. The summed E-state index contributed by atoms with van der Waals surface area (Å²) in [5.41, 5.74) is 11.7. The summed E-state index contributed by atoms with van der Waals surface area (Å²) in [6, 6.07) is 11.0. The van der Waals surface area contributed by atoms with Crippen molar-refractivity contribution in [1.29, 1.82) is 0 Å². The number of halogens is 2. The fourth-order valence-electron chi connectivity index (χ4n) is 1.81. The summed E-state index contributed by atoms with van der Waals surface area (Å²) in [5, 5.41) is 1.46. The zero-order chi connectivity index (χ0) is 17.2. The van der Waals surface area contributed by atoms with Crippen LogP contribution in [-0.2, 0) is 0 Å². The normalized spacial score (nSPS) is 10.7. The van der Waals surface area contributed by atoms with Crippen LogP contribution in [0.4, 0.5) is 11.4 Å². The highest BCUT2D eigenvalue weighted by molar-refractivity contribution is 6.32. The lowest BCUT2D eigenvalue weighted by Crippen LogP contribution is -2.06. The van der Waals surface area contributed by atoms with Gasteiger partial charge in [0.05, 0.1) is 0 Å². The molecule has 0 atom stereocenters. The Bertz CT molecular complexity index is 695. The molecule has 0 aliphatic rings. The maximum atomic E-state index is 5.91. The number of rotatable bonds is 3. The lowest BCUT2D eigenvalue weighted by molar-refractivity contribution is 1.35. The van der Waals surface area contributed by atoms with Crippen LogP contribution in [-0.4, -0.2) is 0 Å². The van der Waals surface area contributed by atoms with E-state index in [1.165, 1.54) is 0 Å². The summed E-state index contributed by atoms with van der Waals surface area (Å²) in [7, 11) is 0. The third kappa shape index (κ3) is 6.37. The molecule has 0 saturated heterocycles. The van der Waals surface area contributed by atoms with Gasteiger partial charge in [-0.05, 0) is 61.4 Å². The average Bonchev–Trinajstić information content (AvgIpc) is 2.54. The molecule has 0 saturated carbocycles. The predicted molar refractivity (Wildman–Crippen MR) is 105 cm³/mol. The number of hydrogen-bond donors (Lipinski definition) is 3. The lowest BCUT2D eigenvalue weighted by Gasteiger charge is -2.02. The highest BCUT2D eigenvalue weighted by Crippen LogP contribution is 2.21. The van der Waals surface area contributed by atoms with Crippen molar-refractivity contribution in [3.63, 3.8) is 0 Å². The van der Waals surface area contributed by atoms with Gasteiger partial charge in [-0.3, -0.25) is 5.84 Å². The first-order valence-electron chi connectivity index (χ1n) is 7.08. The quantitative estimate of drug-likeness (QED) is 0.383. The van der Waals surface area contributed by atoms with Crippen LogP contribution in [0.25, 0.3) is 12.2 Å². The topological polar surface area (TPSA) is 64.1 Å². The van der Waals surface area contributed by atoms with Gasteiger partial charge in [-0.1, -0.05) is 47.5 Å². The fourth-order valence-corrected chi connectivity index (χ4v) is 2.17. The number of anilines is 2. The van der Waals surface area contributed by atoms with Gasteiger partial charge in [0.2, 0.25) is 0 Å². The van der Waals surface area contributed by atoms with Crippen LogP contribution in [0.2, 0.25) is 10.0 Å². The van der Waals surface area contributed by atoms with Gasteiger partial charge in [0.25, 0.3) is 0 Å². The second-order valence-electron chi connectivity index (χ2n) is 4.66. The van der Waals surface area contributed by atoms with E-state index >= 15 is 0 Å². The lowest BCUT2D eigenvalue weighted by atomic mass is 10.2. The van der Waals surface area contributed by atoms with Crippen molar-refractivity contribution in [3.05, 3.63) is 69.7 Å². The molecule has 0 aromatic heterocycles. The smallest absolute Gasteiger partial charge is 0.0492 e. The number of nitrogens with one attached hydrogen (secondary N) is 1. The van der Waals surface area contributed by atoms with Gasteiger partial charge in [-0.2, -0.15) is 0 Å². The third-order valence-corrected chi connectivity index (χ3v) is 3.56. The Kier molecular flexibility index (Phi) is 8.27. The Morgan fingerprint density at radius 3 is 1.91 bits per heavy atom. The minimum Gasteiger partial charge on any atom is -0.399 e.